The Kier molecular flexibility index (Phi) is 9.07. The minimum absolute atomic E-state index is 0. The van der Waals surface area contributed by atoms with E-state index in [0.717, 1.165) is 6.54 Å². The summed E-state index contributed by atoms with van der Waals surface area (Å²) < 4.78 is 2.06. The van der Waals surface area contributed by atoms with Gasteiger partial charge in [-0.25, -0.2) is 0 Å². The minimum Gasteiger partial charge on any atom is -0.353 e. The van der Waals surface area contributed by atoms with Crippen LogP contribution in [0.4, 0.5) is 0 Å². The lowest BCUT2D eigenvalue weighted by atomic mass is 10.4. The number of aliphatic imine (C=N–C) groups is 1. The van der Waals surface area contributed by atoms with E-state index in [1.165, 1.54) is 5.69 Å². The first-order valence-electron chi connectivity index (χ1n) is 6.75. The number of nitrogens with one attached hydrogen (secondary N) is 2. The molecule has 0 aliphatic carbocycles. The van der Waals surface area contributed by atoms with Gasteiger partial charge in [-0.2, -0.15) is 0 Å². The topological polar surface area (TPSA) is 61.7 Å². The van der Waals surface area contributed by atoms with Gasteiger partial charge in [0, 0.05) is 39.1 Å². The molecule has 1 rings (SSSR count). The highest BCUT2D eigenvalue weighted by molar-refractivity contribution is 14.0. The largest absolute Gasteiger partial charge is 0.353 e. The summed E-state index contributed by atoms with van der Waals surface area (Å²) in [7, 11) is 5.67. The lowest BCUT2D eigenvalue weighted by molar-refractivity contribution is -0.120. The van der Waals surface area contributed by atoms with Crippen LogP contribution in [0.15, 0.2) is 23.3 Å². The molecule has 0 aromatic carbocycles. The van der Waals surface area contributed by atoms with Crippen molar-refractivity contribution in [3.63, 3.8) is 0 Å². The van der Waals surface area contributed by atoms with Crippen molar-refractivity contribution >= 4 is 35.8 Å². The van der Waals surface area contributed by atoms with E-state index in [0.29, 0.717) is 5.96 Å². The third-order valence-electron chi connectivity index (χ3n) is 2.88. The molecule has 0 saturated heterocycles. The molecular formula is C14H26IN5O. The van der Waals surface area contributed by atoms with E-state index in [4.69, 9.17) is 0 Å². The number of carbonyl (C=O) groups is 1. The van der Waals surface area contributed by atoms with Crippen molar-refractivity contribution < 1.29 is 4.79 Å². The predicted octanol–water partition coefficient (Wildman–Crippen LogP) is 1.17. The second-order valence-electron chi connectivity index (χ2n) is 5.09. The third-order valence-corrected chi connectivity index (χ3v) is 2.88. The molecule has 0 bridgehead atoms. The van der Waals surface area contributed by atoms with Gasteiger partial charge in [0.2, 0.25) is 5.91 Å². The molecule has 1 heterocycles. The number of aryl methyl sites for hydroxylation is 1. The Morgan fingerprint density at radius 2 is 2.14 bits per heavy atom. The zero-order valence-electron chi connectivity index (χ0n) is 13.4. The second-order valence-corrected chi connectivity index (χ2v) is 5.09. The second kappa shape index (κ2) is 9.64. The van der Waals surface area contributed by atoms with Crippen LogP contribution in [0.3, 0.4) is 0 Å². The molecule has 0 fully saturated rings. The Morgan fingerprint density at radius 3 is 2.62 bits per heavy atom. The van der Waals surface area contributed by atoms with Crippen molar-refractivity contribution in [2.75, 3.05) is 20.6 Å². The summed E-state index contributed by atoms with van der Waals surface area (Å²) in [5.41, 5.74) is 1.18. The molecule has 21 heavy (non-hydrogen) atoms. The smallest absolute Gasteiger partial charge is 0.239 e. The van der Waals surface area contributed by atoms with Crippen molar-refractivity contribution in [2.24, 2.45) is 12.0 Å². The number of amides is 1. The van der Waals surface area contributed by atoms with E-state index in [1.54, 1.807) is 7.05 Å². The maximum Gasteiger partial charge on any atom is 0.239 e. The highest BCUT2D eigenvalue weighted by atomic mass is 127. The molecule has 0 spiro atoms. The first kappa shape index (κ1) is 19.8. The molecule has 0 unspecified atom stereocenters. The number of hydrogen-bond acceptors (Lipinski definition) is 2. The Labute approximate surface area is 144 Å². The van der Waals surface area contributed by atoms with Crippen LogP contribution in [0.25, 0.3) is 0 Å². The van der Waals surface area contributed by atoms with Crippen molar-refractivity contribution in [3.05, 3.63) is 24.0 Å². The highest BCUT2D eigenvalue weighted by Gasteiger charge is 2.10. The van der Waals surface area contributed by atoms with Crippen LogP contribution in [0.1, 0.15) is 19.5 Å². The summed E-state index contributed by atoms with van der Waals surface area (Å²) in [5, 5.41) is 5.90. The molecule has 0 atom stereocenters. The average Bonchev–Trinajstić information content (AvgIpc) is 2.75. The van der Waals surface area contributed by atoms with Gasteiger partial charge in [0.1, 0.15) is 0 Å². The molecule has 2 N–H and O–H groups in total. The third kappa shape index (κ3) is 6.83. The highest BCUT2D eigenvalue weighted by Crippen LogP contribution is 2.03. The maximum atomic E-state index is 11.6. The monoisotopic (exact) mass is 407 g/mol. The zero-order chi connectivity index (χ0) is 15.1. The molecule has 0 saturated carbocycles. The Balaban J connectivity index is 0.00000400. The van der Waals surface area contributed by atoms with Crippen LogP contribution in [0.2, 0.25) is 0 Å². The van der Waals surface area contributed by atoms with E-state index < -0.39 is 0 Å². The molecule has 0 radical (unpaired) electrons. The molecule has 6 nitrogen and oxygen atoms in total. The van der Waals surface area contributed by atoms with E-state index in [1.807, 2.05) is 45.1 Å². The molecule has 7 heteroatoms. The first-order valence-corrected chi connectivity index (χ1v) is 6.75. The van der Waals surface area contributed by atoms with Crippen LogP contribution in [0.5, 0.6) is 0 Å². The van der Waals surface area contributed by atoms with E-state index in [9.17, 15) is 4.79 Å². The molecular weight excluding hydrogens is 381 g/mol. The fourth-order valence-electron chi connectivity index (χ4n) is 1.90. The zero-order valence-corrected chi connectivity index (χ0v) is 15.7. The summed E-state index contributed by atoms with van der Waals surface area (Å²) in [5.74, 6) is 0.665. The van der Waals surface area contributed by atoms with E-state index in [-0.39, 0.29) is 42.5 Å². The number of aromatic nitrogens is 1. The van der Waals surface area contributed by atoms with Gasteiger partial charge in [-0.05, 0) is 26.0 Å². The molecule has 120 valence electrons. The predicted molar refractivity (Wildman–Crippen MR) is 96.9 cm³/mol. The Bertz CT molecular complexity index is 470. The first-order chi connectivity index (χ1) is 9.43. The number of nitrogens with zero attached hydrogens (tertiary/aromatic N) is 3. The molecule has 0 aliphatic rings. The lowest BCUT2D eigenvalue weighted by Gasteiger charge is -2.22. The van der Waals surface area contributed by atoms with Gasteiger partial charge in [0.15, 0.2) is 5.96 Å². The Hall–Kier alpha value is -1.25. The van der Waals surface area contributed by atoms with Crippen LogP contribution >= 0.6 is 24.0 Å². The summed E-state index contributed by atoms with van der Waals surface area (Å²) in [6, 6.07) is 4.22. The molecule has 1 amide bonds. The fraction of sp³-hybridized carbons (Fsp3) is 0.571. The summed E-state index contributed by atoms with van der Waals surface area (Å²) >= 11 is 0. The van der Waals surface area contributed by atoms with Crippen molar-refractivity contribution in [3.8, 4) is 0 Å². The van der Waals surface area contributed by atoms with Gasteiger partial charge in [-0.3, -0.25) is 9.79 Å². The fourth-order valence-corrected chi connectivity index (χ4v) is 1.90. The SMILES string of the molecule is CN=C(NCC(=O)NC(C)C)N(C)Cc1cccn1C.I. The van der Waals surface area contributed by atoms with Crippen LogP contribution in [0, 0.1) is 0 Å². The quantitative estimate of drug-likeness (QED) is 0.438. The standard InChI is InChI=1S/C14H25N5O.HI/c1-11(2)17-13(20)9-16-14(15-3)19(5)10-12-7-6-8-18(12)4;/h6-8,11H,9-10H2,1-5H3,(H,15,16)(H,17,20);1H. The van der Waals surface area contributed by atoms with Crippen molar-refractivity contribution in [1.29, 1.82) is 0 Å². The van der Waals surface area contributed by atoms with Crippen LogP contribution < -0.4 is 10.6 Å². The van der Waals surface area contributed by atoms with Gasteiger partial charge in [0.25, 0.3) is 0 Å². The number of halogens is 1. The summed E-state index contributed by atoms with van der Waals surface area (Å²) in [4.78, 5) is 17.8. The molecule has 1 aromatic heterocycles. The average molecular weight is 407 g/mol. The molecule has 1 aromatic rings. The molecule has 0 aliphatic heterocycles. The van der Waals surface area contributed by atoms with Gasteiger partial charge >= 0.3 is 0 Å². The van der Waals surface area contributed by atoms with Crippen LogP contribution in [-0.4, -0.2) is 48.0 Å². The van der Waals surface area contributed by atoms with Crippen molar-refractivity contribution in [1.82, 2.24) is 20.1 Å². The lowest BCUT2D eigenvalue weighted by Crippen LogP contribution is -2.45. The summed E-state index contributed by atoms with van der Waals surface area (Å²) in [6.07, 6.45) is 2.01. The maximum absolute atomic E-state index is 11.6. The van der Waals surface area contributed by atoms with E-state index in [2.05, 4.69) is 26.3 Å². The number of rotatable bonds is 5. The minimum atomic E-state index is -0.0339. The number of carbonyl (C=O) groups excluding carboxylic acids is 1. The number of hydrogen-bond donors (Lipinski definition) is 2. The normalized spacial score (nSPS) is 11.0. The van der Waals surface area contributed by atoms with Crippen LogP contribution in [-0.2, 0) is 18.4 Å². The summed E-state index contributed by atoms with van der Waals surface area (Å²) in [6.45, 7) is 4.83. The number of guanidine groups is 1. The van der Waals surface area contributed by atoms with Gasteiger partial charge in [-0.15, -0.1) is 24.0 Å². The van der Waals surface area contributed by atoms with Gasteiger partial charge < -0.3 is 20.1 Å². The Morgan fingerprint density at radius 1 is 1.48 bits per heavy atom. The van der Waals surface area contributed by atoms with Gasteiger partial charge in [-0.1, -0.05) is 0 Å². The van der Waals surface area contributed by atoms with Gasteiger partial charge in [0.05, 0.1) is 13.1 Å². The van der Waals surface area contributed by atoms with Crippen molar-refractivity contribution in [2.45, 2.75) is 26.4 Å². The van der Waals surface area contributed by atoms with E-state index >= 15 is 0 Å².